The Morgan fingerprint density at radius 3 is 1.82 bits per heavy atom. The SMILES string of the molecule is CC1(C)c2ccccc2-c2ccc(-c3c4ccccc4c(-c4cc(-c5ccccc5)c5ccccc5n4)c4ccc(-c5cccc6ccccc56)cc34)cc21. The van der Waals surface area contributed by atoms with Crippen molar-refractivity contribution in [2.24, 2.45) is 0 Å². The standard InChI is InChI=1S/C54H37N/c1-54(2)48-25-12-10-20-40(48)41-29-28-37(32-49(41)54)52-43-22-8-9-23-44(43)53(51-33-46(35-15-4-3-5-16-35)42-21-11-13-26-50(42)55-51)45-30-27-36(31-47(45)52)39-24-14-18-34-17-6-7-19-38(34)39/h3-33H,1-2H3. The van der Waals surface area contributed by atoms with Gasteiger partial charge in [-0.15, -0.1) is 0 Å². The minimum Gasteiger partial charge on any atom is -0.248 e. The van der Waals surface area contributed by atoms with Crippen LogP contribution in [-0.4, -0.2) is 4.98 Å². The zero-order chi connectivity index (χ0) is 36.7. The Morgan fingerprint density at radius 1 is 0.345 bits per heavy atom. The molecule has 10 aromatic rings. The molecule has 1 heterocycles. The molecule has 0 unspecified atom stereocenters. The highest BCUT2D eigenvalue weighted by Gasteiger charge is 2.35. The van der Waals surface area contributed by atoms with E-state index in [0.29, 0.717) is 0 Å². The quantitative estimate of drug-likeness (QED) is 0.167. The van der Waals surface area contributed by atoms with E-state index in [9.17, 15) is 0 Å². The van der Waals surface area contributed by atoms with Crippen LogP contribution in [0.3, 0.4) is 0 Å². The molecule has 1 aromatic heterocycles. The Labute approximate surface area is 321 Å². The molecule has 0 aliphatic heterocycles. The fourth-order valence-corrected chi connectivity index (χ4v) is 9.43. The van der Waals surface area contributed by atoms with E-state index < -0.39 is 0 Å². The van der Waals surface area contributed by atoms with Crippen molar-refractivity contribution < 1.29 is 0 Å². The third-order valence-electron chi connectivity index (χ3n) is 12.1. The van der Waals surface area contributed by atoms with Gasteiger partial charge in [-0.3, -0.25) is 0 Å². The lowest BCUT2D eigenvalue weighted by Crippen LogP contribution is -2.14. The Kier molecular flexibility index (Phi) is 6.97. The molecule has 1 aliphatic rings. The highest BCUT2D eigenvalue weighted by atomic mass is 14.7. The van der Waals surface area contributed by atoms with Gasteiger partial charge in [-0.1, -0.05) is 178 Å². The summed E-state index contributed by atoms with van der Waals surface area (Å²) in [6.07, 6.45) is 0. The summed E-state index contributed by atoms with van der Waals surface area (Å²) in [4.78, 5) is 5.45. The lowest BCUT2D eigenvalue weighted by atomic mass is 9.80. The van der Waals surface area contributed by atoms with Crippen LogP contribution >= 0.6 is 0 Å². The van der Waals surface area contributed by atoms with Crippen molar-refractivity contribution in [1.29, 1.82) is 0 Å². The average molecular weight is 700 g/mol. The van der Waals surface area contributed by atoms with E-state index in [1.54, 1.807) is 0 Å². The fraction of sp³-hybridized carbons (Fsp3) is 0.0556. The van der Waals surface area contributed by atoms with Gasteiger partial charge < -0.3 is 0 Å². The number of hydrogen-bond donors (Lipinski definition) is 0. The van der Waals surface area contributed by atoms with E-state index in [4.69, 9.17) is 4.98 Å². The summed E-state index contributed by atoms with van der Waals surface area (Å²) >= 11 is 0. The second kappa shape index (κ2) is 12.1. The smallest absolute Gasteiger partial charge is 0.0728 e. The predicted octanol–water partition coefficient (Wildman–Crippen LogP) is 14.7. The van der Waals surface area contributed by atoms with Gasteiger partial charge in [-0.05, 0) is 112 Å². The molecule has 1 heteroatoms. The Bertz CT molecular complexity index is 3160. The normalized spacial score (nSPS) is 13.1. The second-order valence-electron chi connectivity index (χ2n) is 15.5. The van der Waals surface area contributed by atoms with Crippen LogP contribution in [0.15, 0.2) is 188 Å². The van der Waals surface area contributed by atoms with E-state index in [0.717, 1.165) is 22.2 Å². The number of benzene rings is 9. The van der Waals surface area contributed by atoms with E-state index >= 15 is 0 Å². The molecular formula is C54H37N. The first-order valence-electron chi connectivity index (χ1n) is 19.2. The molecule has 0 spiro atoms. The summed E-state index contributed by atoms with van der Waals surface area (Å²) in [5.74, 6) is 0. The summed E-state index contributed by atoms with van der Waals surface area (Å²) in [6, 6.07) is 69.1. The van der Waals surface area contributed by atoms with Crippen LogP contribution in [0.5, 0.6) is 0 Å². The van der Waals surface area contributed by atoms with Crippen molar-refractivity contribution in [2.75, 3.05) is 0 Å². The summed E-state index contributed by atoms with van der Waals surface area (Å²) < 4.78 is 0. The van der Waals surface area contributed by atoms with Gasteiger partial charge in [-0.25, -0.2) is 4.98 Å². The lowest BCUT2D eigenvalue weighted by molar-refractivity contribution is 0.660. The van der Waals surface area contributed by atoms with Crippen molar-refractivity contribution in [3.8, 4) is 55.8 Å². The predicted molar refractivity (Wildman–Crippen MR) is 234 cm³/mol. The maximum absolute atomic E-state index is 5.45. The van der Waals surface area contributed by atoms with Gasteiger partial charge >= 0.3 is 0 Å². The third kappa shape index (κ3) is 4.83. The molecule has 0 saturated carbocycles. The van der Waals surface area contributed by atoms with Crippen molar-refractivity contribution in [3.63, 3.8) is 0 Å². The van der Waals surface area contributed by atoms with Crippen LogP contribution in [0, 0.1) is 0 Å². The van der Waals surface area contributed by atoms with E-state index in [-0.39, 0.29) is 5.41 Å². The van der Waals surface area contributed by atoms with Crippen molar-refractivity contribution in [2.45, 2.75) is 19.3 Å². The van der Waals surface area contributed by atoms with E-state index in [2.05, 4.69) is 202 Å². The topological polar surface area (TPSA) is 12.9 Å². The molecule has 0 saturated heterocycles. The Balaban J connectivity index is 1.25. The first-order chi connectivity index (χ1) is 27.0. The number of aromatic nitrogens is 1. The first-order valence-corrected chi connectivity index (χ1v) is 19.2. The number of nitrogens with zero attached hydrogens (tertiary/aromatic N) is 1. The van der Waals surface area contributed by atoms with Crippen LogP contribution in [0.1, 0.15) is 25.0 Å². The molecule has 55 heavy (non-hydrogen) atoms. The number of hydrogen-bond acceptors (Lipinski definition) is 1. The first kappa shape index (κ1) is 31.7. The van der Waals surface area contributed by atoms with Crippen molar-refractivity contribution in [3.05, 3.63) is 199 Å². The van der Waals surface area contributed by atoms with E-state index in [1.807, 2.05) is 0 Å². The Morgan fingerprint density at radius 2 is 0.964 bits per heavy atom. The van der Waals surface area contributed by atoms with Crippen LogP contribution in [-0.2, 0) is 5.41 Å². The molecule has 0 atom stereocenters. The summed E-state index contributed by atoms with van der Waals surface area (Å²) in [7, 11) is 0. The molecule has 258 valence electrons. The van der Waals surface area contributed by atoms with Crippen molar-refractivity contribution >= 4 is 43.2 Å². The molecule has 0 amide bonds. The van der Waals surface area contributed by atoms with Gasteiger partial charge in [-0.2, -0.15) is 0 Å². The number of pyridine rings is 1. The van der Waals surface area contributed by atoms with Crippen LogP contribution < -0.4 is 0 Å². The van der Waals surface area contributed by atoms with Crippen LogP contribution in [0.2, 0.25) is 0 Å². The number of rotatable bonds is 4. The zero-order valence-corrected chi connectivity index (χ0v) is 30.8. The monoisotopic (exact) mass is 699 g/mol. The maximum Gasteiger partial charge on any atom is 0.0728 e. The third-order valence-corrected chi connectivity index (χ3v) is 12.1. The van der Waals surface area contributed by atoms with E-state index in [1.165, 1.54) is 88.0 Å². The maximum atomic E-state index is 5.45. The Hall–Kier alpha value is -6.83. The summed E-state index contributed by atoms with van der Waals surface area (Å²) in [6.45, 7) is 4.74. The molecule has 11 rings (SSSR count). The molecule has 1 nitrogen and oxygen atoms in total. The number of fused-ring (bicyclic) bond motifs is 7. The molecule has 0 radical (unpaired) electrons. The molecule has 1 aliphatic carbocycles. The summed E-state index contributed by atoms with van der Waals surface area (Å²) in [5.41, 5.74) is 15.8. The molecule has 0 fully saturated rings. The second-order valence-corrected chi connectivity index (χ2v) is 15.5. The minimum atomic E-state index is -0.107. The van der Waals surface area contributed by atoms with Gasteiger partial charge in [0, 0.05) is 16.4 Å². The van der Waals surface area contributed by atoms with Gasteiger partial charge in [0.05, 0.1) is 11.2 Å². The largest absolute Gasteiger partial charge is 0.248 e. The van der Waals surface area contributed by atoms with Crippen molar-refractivity contribution in [1.82, 2.24) is 4.98 Å². The van der Waals surface area contributed by atoms with Crippen LogP contribution in [0.25, 0.3) is 99.0 Å². The van der Waals surface area contributed by atoms with Gasteiger partial charge in [0.1, 0.15) is 0 Å². The van der Waals surface area contributed by atoms with Crippen LogP contribution in [0.4, 0.5) is 0 Å². The van der Waals surface area contributed by atoms with Gasteiger partial charge in [0.25, 0.3) is 0 Å². The molecular weight excluding hydrogens is 663 g/mol. The highest BCUT2D eigenvalue weighted by Crippen LogP contribution is 2.52. The highest BCUT2D eigenvalue weighted by molar-refractivity contribution is 6.22. The molecule has 0 bridgehead atoms. The average Bonchev–Trinajstić information content (AvgIpc) is 3.47. The fourth-order valence-electron chi connectivity index (χ4n) is 9.43. The van der Waals surface area contributed by atoms with Gasteiger partial charge in [0.15, 0.2) is 0 Å². The van der Waals surface area contributed by atoms with Gasteiger partial charge in [0.2, 0.25) is 0 Å². The number of para-hydroxylation sites is 1. The minimum absolute atomic E-state index is 0.107. The zero-order valence-electron chi connectivity index (χ0n) is 30.8. The summed E-state index contributed by atoms with van der Waals surface area (Å²) in [5, 5.41) is 8.51. The molecule has 9 aromatic carbocycles. The molecule has 0 N–H and O–H groups in total. The lowest BCUT2D eigenvalue weighted by Gasteiger charge is -2.23.